The first-order valence-electron chi connectivity index (χ1n) is 10.6. The highest BCUT2D eigenvalue weighted by molar-refractivity contribution is 7.26. The Morgan fingerprint density at radius 1 is 0.794 bits per heavy atom. The van der Waals surface area contributed by atoms with E-state index in [1.165, 1.54) is 0 Å². The molecule has 0 aliphatic carbocycles. The van der Waals surface area contributed by atoms with Crippen molar-refractivity contribution in [2.75, 3.05) is 7.11 Å². The molecule has 172 valence electrons. The maximum atomic E-state index is 12.1. The van der Waals surface area contributed by atoms with Crippen LogP contribution >= 0.6 is 11.3 Å². The standard InChI is InChI=1S/C28H24O5S/c1-15(2)27(29)32-19-9-7-18(8-10-19)20-11-12-21-22-13-14-23(33-28(30)16(3)4)24(31-6)26(22)34-25(21)17(20)5/h7-14H,1,3H2,2,4-6H3. The van der Waals surface area contributed by atoms with Gasteiger partial charge < -0.3 is 14.2 Å². The van der Waals surface area contributed by atoms with Crippen molar-refractivity contribution >= 4 is 43.4 Å². The monoisotopic (exact) mass is 472 g/mol. The van der Waals surface area contributed by atoms with Crippen molar-refractivity contribution in [3.8, 4) is 28.4 Å². The average Bonchev–Trinajstić information content (AvgIpc) is 3.19. The largest absolute Gasteiger partial charge is 0.491 e. The Morgan fingerprint density at radius 2 is 1.38 bits per heavy atom. The van der Waals surface area contributed by atoms with Gasteiger partial charge in [0, 0.05) is 26.6 Å². The Labute approximate surface area is 201 Å². The predicted octanol–water partition coefficient (Wildman–Crippen LogP) is 7.00. The number of aryl methyl sites for hydroxylation is 1. The van der Waals surface area contributed by atoms with Crippen molar-refractivity contribution in [2.24, 2.45) is 0 Å². The fourth-order valence-electron chi connectivity index (χ4n) is 3.67. The Morgan fingerprint density at radius 3 is 2.00 bits per heavy atom. The van der Waals surface area contributed by atoms with E-state index in [1.54, 1.807) is 50.5 Å². The van der Waals surface area contributed by atoms with Gasteiger partial charge in [-0.3, -0.25) is 0 Å². The van der Waals surface area contributed by atoms with Crippen LogP contribution in [0.3, 0.4) is 0 Å². The van der Waals surface area contributed by atoms with E-state index in [-0.39, 0.29) is 0 Å². The first-order chi connectivity index (χ1) is 16.2. The van der Waals surface area contributed by atoms with Gasteiger partial charge in [-0.05, 0) is 61.7 Å². The van der Waals surface area contributed by atoms with Gasteiger partial charge in [-0.25, -0.2) is 9.59 Å². The molecule has 0 amide bonds. The van der Waals surface area contributed by atoms with E-state index in [0.29, 0.717) is 28.4 Å². The Bertz CT molecular complexity index is 1470. The Balaban J connectivity index is 1.77. The molecule has 0 aliphatic rings. The molecule has 0 fully saturated rings. The molecule has 0 saturated carbocycles. The fraction of sp³-hybridized carbons (Fsp3) is 0.143. The molecule has 0 spiro atoms. The zero-order chi connectivity index (χ0) is 24.6. The van der Waals surface area contributed by atoms with Crippen LogP contribution in [0.15, 0.2) is 72.8 Å². The normalized spacial score (nSPS) is 10.8. The van der Waals surface area contributed by atoms with Crippen LogP contribution in [0, 0.1) is 6.92 Å². The van der Waals surface area contributed by atoms with Crippen LogP contribution < -0.4 is 14.2 Å². The van der Waals surface area contributed by atoms with Crippen LogP contribution in [0.2, 0.25) is 0 Å². The van der Waals surface area contributed by atoms with Gasteiger partial charge in [0.1, 0.15) is 5.75 Å². The minimum Gasteiger partial charge on any atom is -0.491 e. The second-order valence-electron chi connectivity index (χ2n) is 8.05. The van der Waals surface area contributed by atoms with Gasteiger partial charge >= 0.3 is 11.9 Å². The molecule has 0 N–H and O–H groups in total. The number of methoxy groups -OCH3 is 1. The van der Waals surface area contributed by atoms with E-state index in [4.69, 9.17) is 14.2 Å². The summed E-state index contributed by atoms with van der Waals surface area (Å²) in [6.07, 6.45) is 0. The van der Waals surface area contributed by atoms with Gasteiger partial charge in [0.15, 0.2) is 11.5 Å². The molecular formula is C28H24O5S. The molecule has 34 heavy (non-hydrogen) atoms. The molecule has 1 aromatic heterocycles. The summed E-state index contributed by atoms with van der Waals surface area (Å²) in [5.41, 5.74) is 3.87. The molecule has 0 atom stereocenters. The maximum absolute atomic E-state index is 12.1. The van der Waals surface area contributed by atoms with Crippen molar-refractivity contribution in [3.05, 3.63) is 78.4 Å². The quantitative estimate of drug-likeness (QED) is 0.172. The highest BCUT2D eigenvalue weighted by atomic mass is 32.1. The van der Waals surface area contributed by atoms with Gasteiger partial charge in [-0.1, -0.05) is 37.4 Å². The van der Waals surface area contributed by atoms with Crippen LogP contribution in [0.1, 0.15) is 19.4 Å². The van der Waals surface area contributed by atoms with E-state index in [2.05, 4.69) is 32.2 Å². The third-order valence-corrected chi connectivity index (χ3v) is 6.80. The summed E-state index contributed by atoms with van der Waals surface area (Å²) in [7, 11) is 1.57. The topological polar surface area (TPSA) is 61.8 Å². The van der Waals surface area contributed by atoms with Crippen molar-refractivity contribution in [2.45, 2.75) is 20.8 Å². The summed E-state index contributed by atoms with van der Waals surface area (Å²) in [5.74, 6) is 0.427. The summed E-state index contributed by atoms with van der Waals surface area (Å²) < 4.78 is 18.4. The molecule has 0 bridgehead atoms. The molecular weight excluding hydrogens is 448 g/mol. The average molecular weight is 473 g/mol. The van der Waals surface area contributed by atoms with Gasteiger partial charge in [-0.2, -0.15) is 0 Å². The van der Waals surface area contributed by atoms with E-state index < -0.39 is 11.9 Å². The molecule has 5 nitrogen and oxygen atoms in total. The summed E-state index contributed by atoms with van der Waals surface area (Å²) in [6.45, 7) is 12.5. The number of benzene rings is 3. The highest BCUT2D eigenvalue weighted by Gasteiger charge is 2.19. The molecule has 4 rings (SSSR count). The molecule has 0 aliphatic heterocycles. The number of hydrogen-bond donors (Lipinski definition) is 0. The Kier molecular flexibility index (Phi) is 6.26. The summed E-state index contributed by atoms with van der Waals surface area (Å²) in [6, 6.07) is 15.3. The number of esters is 2. The number of thiophene rings is 1. The number of carbonyl (C=O) groups excluding carboxylic acids is 2. The first kappa shape index (κ1) is 23.3. The van der Waals surface area contributed by atoms with E-state index >= 15 is 0 Å². The lowest BCUT2D eigenvalue weighted by Gasteiger charge is -2.10. The van der Waals surface area contributed by atoms with Gasteiger partial charge in [0.25, 0.3) is 0 Å². The molecule has 3 aromatic carbocycles. The van der Waals surface area contributed by atoms with Crippen molar-refractivity contribution in [1.82, 2.24) is 0 Å². The number of hydrogen-bond acceptors (Lipinski definition) is 6. The van der Waals surface area contributed by atoms with Crippen LogP contribution in [0.5, 0.6) is 17.2 Å². The van der Waals surface area contributed by atoms with E-state index in [1.807, 2.05) is 18.2 Å². The van der Waals surface area contributed by atoms with E-state index in [0.717, 1.165) is 36.9 Å². The zero-order valence-corrected chi connectivity index (χ0v) is 20.3. The van der Waals surface area contributed by atoms with E-state index in [9.17, 15) is 9.59 Å². The molecule has 1 heterocycles. The Hall–Kier alpha value is -3.90. The van der Waals surface area contributed by atoms with Crippen LogP contribution in [-0.2, 0) is 9.59 Å². The number of rotatable bonds is 6. The second kappa shape index (κ2) is 9.15. The SMILES string of the molecule is C=C(C)C(=O)Oc1ccc(-c2ccc3c(sc4c(OC)c(OC(=O)C(=C)C)ccc43)c2C)cc1. The van der Waals surface area contributed by atoms with Crippen molar-refractivity contribution in [3.63, 3.8) is 0 Å². The minimum absolute atomic E-state index is 0.319. The molecule has 0 saturated heterocycles. The number of fused-ring (bicyclic) bond motifs is 3. The zero-order valence-electron chi connectivity index (χ0n) is 19.5. The smallest absolute Gasteiger partial charge is 0.338 e. The molecule has 6 heteroatoms. The second-order valence-corrected chi connectivity index (χ2v) is 9.08. The minimum atomic E-state index is -0.491. The lowest BCUT2D eigenvalue weighted by molar-refractivity contribution is -0.131. The van der Waals surface area contributed by atoms with Gasteiger partial charge in [-0.15, -0.1) is 11.3 Å². The predicted molar refractivity (Wildman–Crippen MR) is 137 cm³/mol. The third-order valence-electron chi connectivity index (χ3n) is 5.46. The molecule has 0 radical (unpaired) electrons. The highest BCUT2D eigenvalue weighted by Crippen LogP contribution is 2.46. The third kappa shape index (κ3) is 4.20. The molecule has 4 aromatic rings. The lowest BCUT2D eigenvalue weighted by Crippen LogP contribution is -2.08. The van der Waals surface area contributed by atoms with Crippen LogP contribution in [0.25, 0.3) is 31.3 Å². The van der Waals surface area contributed by atoms with Crippen LogP contribution in [0.4, 0.5) is 0 Å². The van der Waals surface area contributed by atoms with Gasteiger partial charge in [0.05, 0.1) is 11.8 Å². The first-order valence-corrected chi connectivity index (χ1v) is 11.4. The van der Waals surface area contributed by atoms with Gasteiger partial charge in [0.2, 0.25) is 0 Å². The number of ether oxygens (including phenoxy) is 3. The summed E-state index contributed by atoms with van der Waals surface area (Å²) in [4.78, 5) is 23.8. The molecule has 0 unspecified atom stereocenters. The summed E-state index contributed by atoms with van der Waals surface area (Å²) >= 11 is 1.59. The number of carbonyl (C=O) groups is 2. The van der Waals surface area contributed by atoms with Crippen molar-refractivity contribution < 1.29 is 23.8 Å². The summed E-state index contributed by atoms with van der Waals surface area (Å²) in [5, 5.41) is 2.13. The maximum Gasteiger partial charge on any atom is 0.338 e. The van der Waals surface area contributed by atoms with Crippen LogP contribution in [-0.4, -0.2) is 19.0 Å². The van der Waals surface area contributed by atoms with Crippen molar-refractivity contribution in [1.29, 1.82) is 0 Å². The lowest BCUT2D eigenvalue weighted by atomic mass is 9.98. The fourth-order valence-corrected chi connectivity index (χ4v) is 4.99.